The van der Waals surface area contributed by atoms with Gasteiger partial charge in [0.15, 0.2) is 0 Å². The van der Waals surface area contributed by atoms with E-state index < -0.39 is 0 Å². The number of nitrogens with zero attached hydrogens (tertiary/aromatic N) is 1. The number of hydrogen-bond donors (Lipinski definition) is 2. The number of ether oxygens (including phenoxy) is 1. The van der Waals surface area contributed by atoms with Crippen LogP contribution in [0.25, 0.3) is 0 Å². The van der Waals surface area contributed by atoms with E-state index in [2.05, 4.69) is 0 Å². The maximum atomic E-state index is 8.58. The minimum absolute atomic E-state index is 0. The van der Waals surface area contributed by atoms with Crippen molar-refractivity contribution in [1.82, 2.24) is 5.06 Å². The van der Waals surface area contributed by atoms with Crippen molar-refractivity contribution in [3.05, 3.63) is 0 Å². The molecule has 0 spiro atoms. The van der Waals surface area contributed by atoms with Crippen molar-refractivity contribution >= 4 is 12.4 Å². The highest BCUT2D eigenvalue weighted by Gasteiger charge is 2.17. The predicted octanol–water partition coefficient (Wildman–Crippen LogP) is -0.628. The molecule has 0 saturated carbocycles. The molecule has 1 aliphatic rings. The Balaban J connectivity index is 0.000000490. The minimum Gasteiger partial charge on any atom is -0.361 e. The summed E-state index contributed by atoms with van der Waals surface area (Å²) in [5, 5.41) is 9.54. The topological polar surface area (TPSA) is 58.7 Å². The Hall–Kier alpha value is 0.130. The smallest absolute Gasteiger partial charge is 0.124 e. The molecule has 1 saturated heterocycles. The van der Waals surface area contributed by atoms with Gasteiger partial charge in [0.2, 0.25) is 0 Å². The first-order chi connectivity index (χ1) is 3.30. The Morgan fingerprint density at radius 1 is 1.75 bits per heavy atom. The summed E-state index contributed by atoms with van der Waals surface area (Å²) in [4.78, 5) is 0. The van der Waals surface area contributed by atoms with E-state index in [9.17, 15) is 0 Å². The van der Waals surface area contributed by atoms with Crippen LogP contribution in [0.15, 0.2) is 0 Å². The fourth-order valence-electron chi connectivity index (χ4n) is 0.449. The number of halogens is 1. The summed E-state index contributed by atoms with van der Waals surface area (Å²) in [5.74, 6) is 0. The SMILES string of the molecule is Cl.N[C@H]1COCN1O. The van der Waals surface area contributed by atoms with Gasteiger partial charge >= 0.3 is 0 Å². The second-order valence-electron chi connectivity index (χ2n) is 1.51. The van der Waals surface area contributed by atoms with Crippen molar-refractivity contribution in [2.45, 2.75) is 6.17 Å². The van der Waals surface area contributed by atoms with Gasteiger partial charge in [0.1, 0.15) is 12.9 Å². The summed E-state index contributed by atoms with van der Waals surface area (Å²) in [5.41, 5.74) is 5.23. The molecule has 4 nitrogen and oxygen atoms in total. The Morgan fingerprint density at radius 2 is 2.38 bits per heavy atom. The van der Waals surface area contributed by atoms with Gasteiger partial charge < -0.3 is 15.7 Å². The lowest BCUT2D eigenvalue weighted by Crippen LogP contribution is -2.35. The van der Waals surface area contributed by atoms with Gasteiger partial charge in [-0.3, -0.25) is 0 Å². The van der Waals surface area contributed by atoms with Gasteiger partial charge in [0.05, 0.1) is 6.61 Å². The molecule has 1 heterocycles. The first-order valence-electron chi connectivity index (χ1n) is 2.09. The van der Waals surface area contributed by atoms with Crippen LogP contribution in [0.1, 0.15) is 0 Å². The molecular formula is C3H9ClN2O2. The third-order valence-electron chi connectivity index (χ3n) is 0.895. The van der Waals surface area contributed by atoms with Crippen LogP contribution in [0.4, 0.5) is 0 Å². The first kappa shape index (κ1) is 8.13. The van der Waals surface area contributed by atoms with E-state index in [4.69, 9.17) is 15.7 Å². The van der Waals surface area contributed by atoms with Gasteiger partial charge in [-0.2, -0.15) is 0 Å². The molecular weight excluding hydrogens is 131 g/mol. The Labute approximate surface area is 53.6 Å². The lowest BCUT2D eigenvalue weighted by molar-refractivity contribution is -0.120. The third-order valence-corrected chi connectivity index (χ3v) is 0.895. The zero-order chi connectivity index (χ0) is 5.28. The normalized spacial score (nSPS) is 30.0. The molecule has 1 rings (SSSR count). The first-order valence-corrected chi connectivity index (χ1v) is 2.09. The van der Waals surface area contributed by atoms with Gasteiger partial charge in [-0.25, -0.2) is 0 Å². The van der Waals surface area contributed by atoms with Crippen molar-refractivity contribution < 1.29 is 9.94 Å². The molecule has 0 aromatic rings. The molecule has 0 unspecified atom stereocenters. The van der Waals surface area contributed by atoms with Crippen LogP contribution in [0.5, 0.6) is 0 Å². The largest absolute Gasteiger partial charge is 0.361 e. The van der Waals surface area contributed by atoms with Crippen molar-refractivity contribution in [3.63, 3.8) is 0 Å². The summed E-state index contributed by atoms with van der Waals surface area (Å²) >= 11 is 0. The van der Waals surface area contributed by atoms with E-state index in [0.29, 0.717) is 6.61 Å². The molecule has 8 heavy (non-hydrogen) atoms. The van der Waals surface area contributed by atoms with Crippen molar-refractivity contribution in [1.29, 1.82) is 0 Å². The lowest BCUT2D eigenvalue weighted by Gasteiger charge is -2.06. The standard InChI is InChI=1S/C3H8N2O2.ClH/c4-3-1-7-2-5(3)6;/h3,6H,1-2,4H2;1H/t3-;/m1./s1. The van der Waals surface area contributed by atoms with E-state index >= 15 is 0 Å². The molecule has 5 heteroatoms. The molecule has 3 N–H and O–H groups in total. The number of hydroxylamine groups is 2. The highest BCUT2D eigenvalue weighted by atomic mass is 35.5. The maximum Gasteiger partial charge on any atom is 0.124 e. The minimum atomic E-state index is -0.319. The summed E-state index contributed by atoms with van der Waals surface area (Å²) < 4.78 is 4.72. The molecule has 0 aromatic heterocycles. The summed E-state index contributed by atoms with van der Waals surface area (Å²) in [6.45, 7) is 0.664. The van der Waals surface area contributed by atoms with Gasteiger partial charge in [-0.05, 0) is 0 Å². The van der Waals surface area contributed by atoms with Gasteiger partial charge in [-0.1, -0.05) is 0 Å². The fraction of sp³-hybridized carbons (Fsp3) is 1.00. The monoisotopic (exact) mass is 140 g/mol. The van der Waals surface area contributed by atoms with Crippen molar-refractivity contribution in [3.8, 4) is 0 Å². The van der Waals surface area contributed by atoms with Crippen LogP contribution in [-0.2, 0) is 4.74 Å². The van der Waals surface area contributed by atoms with Crippen molar-refractivity contribution in [2.24, 2.45) is 5.73 Å². The summed E-state index contributed by atoms with van der Waals surface area (Å²) in [7, 11) is 0. The summed E-state index contributed by atoms with van der Waals surface area (Å²) in [6.07, 6.45) is -0.319. The van der Waals surface area contributed by atoms with Crippen LogP contribution < -0.4 is 5.73 Å². The molecule has 0 amide bonds. The summed E-state index contributed by atoms with van der Waals surface area (Å²) in [6, 6.07) is 0. The van der Waals surface area contributed by atoms with Gasteiger partial charge in [0, 0.05) is 0 Å². The molecule has 1 fully saturated rings. The van der Waals surface area contributed by atoms with Gasteiger partial charge in [-0.15, -0.1) is 17.5 Å². The zero-order valence-corrected chi connectivity index (χ0v) is 5.10. The molecule has 0 radical (unpaired) electrons. The fourth-order valence-corrected chi connectivity index (χ4v) is 0.449. The van der Waals surface area contributed by atoms with Gasteiger partial charge in [0.25, 0.3) is 0 Å². The van der Waals surface area contributed by atoms with E-state index in [-0.39, 0.29) is 25.3 Å². The molecule has 1 aliphatic heterocycles. The number of hydrogen-bond acceptors (Lipinski definition) is 4. The van der Waals surface area contributed by atoms with E-state index in [1.807, 2.05) is 0 Å². The molecule has 1 atom stereocenters. The van der Waals surface area contributed by atoms with Crippen molar-refractivity contribution in [2.75, 3.05) is 13.3 Å². The van der Waals surface area contributed by atoms with Crippen LogP contribution in [0.2, 0.25) is 0 Å². The lowest BCUT2D eigenvalue weighted by atomic mass is 10.6. The highest BCUT2D eigenvalue weighted by Crippen LogP contribution is 1.97. The molecule has 50 valence electrons. The van der Waals surface area contributed by atoms with Crippen LogP contribution in [-0.4, -0.2) is 29.8 Å². The average molecular weight is 141 g/mol. The maximum absolute atomic E-state index is 8.58. The number of nitrogens with two attached hydrogens (primary N) is 1. The third kappa shape index (κ3) is 1.57. The molecule has 0 aliphatic carbocycles. The zero-order valence-electron chi connectivity index (χ0n) is 4.28. The van der Waals surface area contributed by atoms with Crippen LogP contribution >= 0.6 is 12.4 Å². The van der Waals surface area contributed by atoms with Crippen LogP contribution in [0, 0.1) is 0 Å². The van der Waals surface area contributed by atoms with E-state index in [0.717, 1.165) is 5.06 Å². The van der Waals surface area contributed by atoms with E-state index in [1.165, 1.54) is 0 Å². The van der Waals surface area contributed by atoms with Crippen LogP contribution in [0.3, 0.4) is 0 Å². The molecule has 0 aromatic carbocycles. The Bertz CT molecular complexity index is 64.3. The second-order valence-corrected chi connectivity index (χ2v) is 1.51. The Kier molecular flexibility index (Phi) is 3.27. The Morgan fingerprint density at radius 3 is 2.50 bits per heavy atom. The number of rotatable bonds is 0. The molecule has 0 bridgehead atoms. The van der Waals surface area contributed by atoms with E-state index in [1.54, 1.807) is 0 Å². The average Bonchev–Trinajstić information content (AvgIpc) is 1.91. The second kappa shape index (κ2) is 3.21. The quantitative estimate of drug-likeness (QED) is 0.471. The highest BCUT2D eigenvalue weighted by molar-refractivity contribution is 5.85. The predicted molar refractivity (Wildman–Crippen MR) is 29.7 cm³/mol.